The Hall–Kier alpha value is -0.840. The Bertz CT molecular complexity index is 257. The third kappa shape index (κ3) is 1.60. The summed E-state index contributed by atoms with van der Waals surface area (Å²) in [4.78, 5) is 0. The number of hydrogen-bond acceptors (Lipinski definition) is 4. The van der Waals surface area contributed by atoms with Crippen LogP contribution in [-0.4, -0.2) is 29.0 Å². The zero-order valence-electron chi connectivity index (χ0n) is 7.09. The lowest BCUT2D eigenvalue weighted by molar-refractivity contribution is -0.0276. The molecule has 0 radical (unpaired) electrons. The Morgan fingerprint density at radius 2 is 2.38 bits per heavy atom. The molecule has 1 unspecified atom stereocenters. The van der Waals surface area contributed by atoms with E-state index >= 15 is 0 Å². The molecule has 0 aromatic carbocycles. The van der Waals surface area contributed by atoms with E-state index in [-0.39, 0.29) is 12.7 Å². The molecule has 4 heteroatoms. The van der Waals surface area contributed by atoms with Crippen molar-refractivity contribution in [1.82, 2.24) is 0 Å². The molecular formula is C9H12O4. The fraction of sp³-hybridized carbons (Fsp3) is 0.556. The number of aliphatic hydroxyl groups excluding tert-OH is 2. The van der Waals surface area contributed by atoms with Crippen molar-refractivity contribution < 1.29 is 19.4 Å². The van der Waals surface area contributed by atoms with Crippen LogP contribution in [0.3, 0.4) is 0 Å². The van der Waals surface area contributed by atoms with Gasteiger partial charge in [-0.15, -0.1) is 0 Å². The molecule has 1 aliphatic rings. The van der Waals surface area contributed by atoms with Gasteiger partial charge in [-0.1, -0.05) is 0 Å². The summed E-state index contributed by atoms with van der Waals surface area (Å²) in [5.74, 6) is 0.704. The minimum Gasteiger partial charge on any atom is -0.467 e. The maximum atomic E-state index is 9.43. The molecule has 0 aliphatic carbocycles. The molecule has 1 aromatic rings. The van der Waals surface area contributed by atoms with Gasteiger partial charge in [-0.25, -0.2) is 0 Å². The standard InChI is InChI=1S/C9H12O4/c10-5-9-6(11)4-8(13-9)7-2-1-3-12-7/h1-3,6,8-11H,4-5H2/t6-,8?,9+/m0/s1. The second kappa shape index (κ2) is 3.49. The van der Waals surface area contributed by atoms with E-state index in [4.69, 9.17) is 14.3 Å². The van der Waals surface area contributed by atoms with Crippen molar-refractivity contribution in [2.75, 3.05) is 6.61 Å². The van der Waals surface area contributed by atoms with E-state index in [1.54, 1.807) is 18.4 Å². The van der Waals surface area contributed by atoms with Gasteiger partial charge in [0.2, 0.25) is 0 Å². The van der Waals surface area contributed by atoms with Gasteiger partial charge in [0, 0.05) is 6.42 Å². The molecule has 72 valence electrons. The highest BCUT2D eigenvalue weighted by molar-refractivity contribution is 5.05. The monoisotopic (exact) mass is 184 g/mol. The van der Waals surface area contributed by atoms with Crippen LogP contribution in [0, 0.1) is 0 Å². The van der Waals surface area contributed by atoms with Crippen molar-refractivity contribution in [3.05, 3.63) is 24.2 Å². The minimum atomic E-state index is -0.597. The number of aliphatic hydroxyl groups is 2. The Morgan fingerprint density at radius 1 is 1.54 bits per heavy atom. The average Bonchev–Trinajstić information content (AvgIpc) is 2.71. The summed E-state index contributed by atoms with van der Waals surface area (Å²) < 4.78 is 10.5. The maximum Gasteiger partial charge on any atom is 0.132 e. The van der Waals surface area contributed by atoms with Crippen molar-refractivity contribution in [2.24, 2.45) is 0 Å². The fourth-order valence-electron chi connectivity index (χ4n) is 1.55. The number of rotatable bonds is 2. The van der Waals surface area contributed by atoms with E-state index in [0.717, 1.165) is 0 Å². The van der Waals surface area contributed by atoms with Crippen molar-refractivity contribution in [3.8, 4) is 0 Å². The highest BCUT2D eigenvalue weighted by Crippen LogP contribution is 2.32. The van der Waals surface area contributed by atoms with Crippen LogP contribution in [0.2, 0.25) is 0 Å². The number of furan rings is 1. The molecule has 13 heavy (non-hydrogen) atoms. The first kappa shape index (κ1) is 8.74. The second-order valence-electron chi connectivity index (χ2n) is 3.16. The van der Waals surface area contributed by atoms with E-state index in [9.17, 15) is 5.11 Å². The van der Waals surface area contributed by atoms with E-state index < -0.39 is 12.2 Å². The molecule has 4 nitrogen and oxygen atoms in total. The predicted molar refractivity (Wildman–Crippen MR) is 44.0 cm³/mol. The lowest BCUT2D eigenvalue weighted by atomic mass is 10.1. The lowest BCUT2D eigenvalue weighted by Crippen LogP contribution is -2.24. The fourth-order valence-corrected chi connectivity index (χ4v) is 1.55. The van der Waals surface area contributed by atoms with Gasteiger partial charge in [0.05, 0.1) is 19.0 Å². The number of hydrogen-bond donors (Lipinski definition) is 2. The molecule has 0 bridgehead atoms. The van der Waals surface area contributed by atoms with Crippen molar-refractivity contribution in [2.45, 2.75) is 24.7 Å². The summed E-state index contributed by atoms with van der Waals surface area (Å²) in [7, 11) is 0. The molecule has 0 saturated carbocycles. The predicted octanol–water partition coefficient (Wildman–Crippen LogP) is 0.463. The smallest absolute Gasteiger partial charge is 0.132 e. The largest absolute Gasteiger partial charge is 0.467 e. The van der Waals surface area contributed by atoms with Crippen LogP contribution in [-0.2, 0) is 4.74 Å². The molecule has 0 amide bonds. The molecular weight excluding hydrogens is 172 g/mol. The van der Waals surface area contributed by atoms with Gasteiger partial charge in [0.15, 0.2) is 0 Å². The molecule has 2 rings (SSSR count). The summed E-state index contributed by atoms with van der Waals surface area (Å²) in [5.41, 5.74) is 0. The molecule has 1 saturated heterocycles. The van der Waals surface area contributed by atoms with Crippen LogP contribution in [0.5, 0.6) is 0 Å². The van der Waals surface area contributed by atoms with Crippen LogP contribution in [0.1, 0.15) is 18.3 Å². The van der Waals surface area contributed by atoms with Crippen molar-refractivity contribution in [1.29, 1.82) is 0 Å². The van der Waals surface area contributed by atoms with Gasteiger partial charge in [0.25, 0.3) is 0 Å². The van der Waals surface area contributed by atoms with E-state index in [2.05, 4.69) is 0 Å². The first-order valence-electron chi connectivity index (χ1n) is 4.29. The van der Waals surface area contributed by atoms with Gasteiger partial charge < -0.3 is 19.4 Å². The zero-order chi connectivity index (χ0) is 9.26. The zero-order valence-corrected chi connectivity index (χ0v) is 7.09. The van der Waals surface area contributed by atoms with Gasteiger partial charge in [-0.2, -0.15) is 0 Å². The van der Waals surface area contributed by atoms with Gasteiger partial charge in [0.1, 0.15) is 18.0 Å². The van der Waals surface area contributed by atoms with Gasteiger partial charge >= 0.3 is 0 Å². The third-order valence-corrected chi connectivity index (χ3v) is 2.26. The Balaban J connectivity index is 2.05. The summed E-state index contributed by atoms with van der Waals surface area (Å²) in [6, 6.07) is 3.58. The molecule has 0 spiro atoms. The average molecular weight is 184 g/mol. The van der Waals surface area contributed by atoms with Crippen LogP contribution in [0.4, 0.5) is 0 Å². The van der Waals surface area contributed by atoms with E-state index in [1.807, 2.05) is 0 Å². The Kier molecular flexibility index (Phi) is 2.35. The minimum absolute atomic E-state index is 0.154. The van der Waals surface area contributed by atoms with E-state index in [0.29, 0.717) is 12.2 Å². The normalized spacial score (nSPS) is 33.8. The molecule has 1 aliphatic heterocycles. The van der Waals surface area contributed by atoms with Crippen LogP contribution >= 0.6 is 0 Å². The summed E-state index contributed by atoms with van der Waals surface area (Å²) >= 11 is 0. The maximum absolute atomic E-state index is 9.43. The quantitative estimate of drug-likeness (QED) is 0.701. The molecule has 3 atom stereocenters. The summed E-state index contributed by atoms with van der Waals surface area (Å²) in [6.07, 6.45) is 0.758. The van der Waals surface area contributed by atoms with Gasteiger partial charge in [-0.3, -0.25) is 0 Å². The van der Waals surface area contributed by atoms with Crippen LogP contribution in [0.25, 0.3) is 0 Å². The molecule has 1 aromatic heterocycles. The topological polar surface area (TPSA) is 62.8 Å². The third-order valence-electron chi connectivity index (χ3n) is 2.26. The van der Waals surface area contributed by atoms with Gasteiger partial charge in [-0.05, 0) is 12.1 Å². The Morgan fingerprint density at radius 3 is 2.92 bits per heavy atom. The van der Waals surface area contributed by atoms with Crippen LogP contribution < -0.4 is 0 Å². The second-order valence-corrected chi connectivity index (χ2v) is 3.16. The van der Waals surface area contributed by atoms with E-state index in [1.165, 1.54) is 0 Å². The molecule has 2 heterocycles. The first-order valence-corrected chi connectivity index (χ1v) is 4.29. The lowest BCUT2D eigenvalue weighted by Gasteiger charge is -2.09. The van der Waals surface area contributed by atoms with Crippen molar-refractivity contribution >= 4 is 0 Å². The highest BCUT2D eigenvalue weighted by Gasteiger charge is 2.35. The summed E-state index contributed by atoms with van der Waals surface area (Å²) in [5, 5.41) is 18.3. The van der Waals surface area contributed by atoms with Crippen molar-refractivity contribution in [3.63, 3.8) is 0 Å². The molecule has 1 fully saturated rings. The SMILES string of the molecule is OC[C@H]1OC(c2ccco2)C[C@@H]1O. The highest BCUT2D eigenvalue weighted by atomic mass is 16.5. The first-order chi connectivity index (χ1) is 6.31. The molecule has 2 N–H and O–H groups in total. The number of ether oxygens (including phenoxy) is 1. The Labute approximate surface area is 75.7 Å². The van der Waals surface area contributed by atoms with Crippen LogP contribution in [0.15, 0.2) is 22.8 Å². The summed E-state index contributed by atoms with van der Waals surface area (Å²) in [6.45, 7) is -0.154.